The molecule has 92 valence electrons. The molecule has 0 saturated heterocycles. The highest BCUT2D eigenvalue weighted by atomic mass is 15.0. The maximum Gasteiger partial charge on any atom is 0.0883 e. The standard InChI is InChI=1S/C13H25N3/c1-5-12(11(3)4)7-8-13(6-2)16-10-15-9-14/h6-8,10-12H,5,9,14H2,1-4H3,(H,15,16)/b8-7-,13-6-. The average Bonchev–Trinajstić information content (AvgIpc) is 2.27. The fraction of sp³-hybridized carbons (Fsp3) is 0.615. The van der Waals surface area contributed by atoms with Crippen LogP contribution in [0.4, 0.5) is 0 Å². The highest BCUT2D eigenvalue weighted by Crippen LogP contribution is 2.16. The second-order valence-corrected chi connectivity index (χ2v) is 4.06. The van der Waals surface area contributed by atoms with Crippen molar-refractivity contribution in [2.75, 3.05) is 6.67 Å². The molecule has 3 nitrogen and oxygen atoms in total. The van der Waals surface area contributed by atoms with Gasteiger partial charge in [-0.25, -0.2) is 0 Å². The number of hydrogen-bond donors (Lipinski definition) is 2. The summed E-state index contributed by atoms with van der Waals surface area (Å²) in [5, 5.41) is 3.09. The number of nitrogens with zero attached hydrogens (tertiary/aromatic N) is 1. The molecule has 0 aliphatic carbocycles. The van der Waals surface area contributed by atoms with Gasteiger partial charge in [-0.2, -0.15) is 0 Å². The summed E-state index contributed by atoms with van der Waals surface area (Å²) in [6, 6.07) is 0. The van der Waals surface area contributed by atoms with Crippen LogP contribution in [0.5, 0.6) is 0 Å². The first-order chi connectivity index (χ1) is 7.65. The summed E-state index contributed by atoms with van der Waals surface area (Å²) in [5.41, 5.74) is 6.32. The SMILES string of the molecule is C/C=C(/C=C\C(CC)C(C)C)NC=NCN. The van der Waals surface area contributed by atoms with Crippen molar-refractivity contribution in [3.8, 4) is 0 Å². The molecule has 0 aromatic heterocycles. The van der Waals surface area contributed by atoms with Crippen molar-refractivity contribution in [2.24, 2.45) is 22.6 Å². The largest absolute Gasteiger partial charge is 0.347 e. The van der Waals surface area contributed by atoms with Gasteiger partial charge in [0.1, 0.15) is 0 Å². The Labute approximate surface area is 99.5 Å². The van der Waals surface area contributed by atoms with E-state index in [1.54, 1.807) is 6.34 Å². The van der Waals surface area contributed by atoms with Gasteiger partial charge < -0.3 is 11.1 Å². The molecule has 1 atom stereocenters. The van der Waals surface area contributed by atoms with Crippen molar-refractivity contribution >= 4 is 6.34 Å². The molecule has 0 saturated carbocycles. The normalized spacial score (nSPS) is 15.2. The van der Waals surface area contributed by atoms with Crippen molar-refractivity contribution < 1.29 is 0 Å². The van der Waals surface area contributed by atoms with E-state index in [0.717, 1.165) is 5.70 Å². The number of nitrogens with two attached hydrogens (primary N) is 1. The van der Waals surface area contributed by atoms with E-state index in [0.29, 0.717) is 18.5 Å². The van der Waals surface area contributed by atoms with Gasteiger partial charge in [0.2, 0.25) is 0 Å². The third-order valence-electron chi connectivity index (χ3n) is 2.59. The van der Waals surface area contributed by atoms with E-state index in [9.17, 15) is 0 Å². The molecule has 3 N–H and O–H groups in total. The van der Waals surface area contributed by atoms with E-state index in [1.807, 2.05) is 13.0 Å². The molecule has 0 spiro atoms. The van der Waals surface area contributed by atoms with E-state index in [1.165, 1.54) is 6.42 Å². The second kappa shape index (κ2) is 9.16. The summed E-state index contributed by atoms with van der Waals surface area (Å²) < 4.78 is 0. The van der Waals surface area contributed by atoms with Crippen LogP contribution in [-0.4, -0.2) is 13.0 Å². The van der Waals surface area contributed by atoms with Crippen LogP contribution in [-0.2, 0) is 0 Å². The molecule has 0 aliphatic rings. The Balaban J connectivity index is 4.30. The maximum absolute atomic E-state index is 5.26. The van der Waals surface area contributed by atoms with Gasteiger partial charge in [-0.15, -0.1) is 0 Å². The van der Waals surface area contributed by atoms with Gasteiger partial charge in [0.15, 0.2) is 0 Å². The van der Waals surface area contributed by atoms with Crippen molar-refractivity contribution in [3.05, 3.63) is 23.9 Å². The number of rotatable bonds is 7. The minimum Gasteiger partial charge on any atom is -0.347 e. The molecule has 0 bridgehead atoms. The third-order valence-corrected chi connectivity index (χ3v) is 2.59. The summed E-state index contributed by atoms with van der Waals surface area (Å²) in [5.74, 6) is 1.31. The Morgan fingerprint density at radius 2 is 2.12 bits per heavy atom. The minimum atomic E-state index is 0.317. The molecule has 0 aliphatic heterocycles. The van der Waals surface area contributed by atoms with Crippen LogP contribution in [0.1, 0.15) is 34.1 Å². The lowest BCUT2D eigenvalue weighted by Crippen LogP contribution is -2.11. The van der Waals surface area contributed by atoms with Crippen molar-refractivity contribution in [2.45, 2.75) is 34.1 Å². The molecule has 0 fully saturated rings. The summed E-state index contributed by atoms with van der Waals surface area (Å²) >= 11 is 0. The van der Waals surface area contributed by atoms with Gasteiger partial charge in [0.25, 0.3) is 0 Å². The topological polar surface area (TPSA) is 50.4 Å². The first-order valence-electron chi connectivity index (χ1n) is 5.95. The monoisotopic (exact) mass is 223 g/mol. The van der Waals surface area contributed by atoms with Gasteiger partial charge in [-0.1, -0.05) is 32.9 Å². The molecule has 3 heteroatoms. The molecular formula is C13H25N3. The van der Waals surface area contributed by atoms with Crippen molar-refractivity contribution in [1.29, 1.82) is 0 Å². The molecule has 16 heavy (non-hydrogen) atoms. The van der Waals surface area contributed by atoms with Crippen molar-refractivity contribution in [3.63, 3.8) is 0 Å². The van der Waals surface area contributed by atoms with Crippen LogP contribution < -0.4 is 11.1 Å². The van der Waals surface area contributed by atoms with Gasteiger partial charge in [0, 0.05) is 5.70 Å². The van der Waals surface area contributed by atoms with Gasteiger partial charge in [-0.05, 0) is 31.3 Å². The van der Waals surface area contributed by atoms with E-state index in [4.69, 9.17) is 5.73 Å². The number of allylic oxidation sites excluding steroid dienone is 3. The predicted molar refractivity (Wildman–Crippen MR) is 72.2 cm³/mol. The van der Waals surface area contributed by atoms with Crippen LogP contribution in [0.25, 0.3) is 0 Å². The summed E-state index contributed by atoms with van der Waals surface area (Å²) in [4.78, 5) is 3.91. The van der Waals surface area contributed by atoms with Crippen LogP contribution >= 0.6 is 0 Å². The molecule has 0 radical (unpaired) electrons. The Morgan fingerprint density at radius 1 is 1.44 bits per heavy atom. The fourth-order valence-corrected chi connectivity index (χ4v) is 1.46. The average molecular weight is 223 g/mol. The molecule has 0 heterocycles. The number of nitrogens with one attached hydrogen (secondary N) is 1. The minimum absolute atomic E-state index is 0.317. The van der Waals surface area contributed by atoms with Crippen LogP contribution in [0, 0.1) is 11.8 Å². The highest BCUT2D eigenvalue weighted by molar-refractivity contribution is 5.58. The lowest BCUT2D eigenvalue weighted by Gasteiger charge is -2.14. The van der Waals surface area contributed by atoms with Crippen LogP contribution in [0.2, 0.25) is 0 Å². The van der Waals surface area contributed by atoms with Gasteiger partial charge in [-0.3, -0.25) is 4.99 Å². The Morgan fingerprint density at radius 3 is 2.56 bits per heavy atom. The van der Waals surface area contributed by atoms with Gasteiger partial charge >= 0.3 is 0 Å². The zero-order valence-electron chi connectivity index (χ0n) is 10.9. The Kier molecular flexibility index (Phi) is 8.53. The molecule has 0 amide bonds. The first-order valence-corrected chi connectivity index (χ1v) is 5.95. The number of aliphatic imine (C=N–C) groups is 1. The second-order valence-electron chi connectivity index (χ2n) is 4.06. The van der Waals surface area contributed by atoms with E-state index in [2.05, 4.69) is 43.2 Å². The van der Waals surface area contributed by atoms with E-state index < -0.39 is 0 Å². The molecular weight excluding hydrogens is 198 g/mol. The zero-order chi connectivity index (χ0) is 12.4. The van der Waals surface area contributed by atoms with Gasteiger partial charge in [0.05, 0.1) is 13.0 Å². The highest BCUT2D eigenvalue weighted by Gasteiger charge is 2.06. The summed E-state index contributed by atoms with van der Waals surface area (Å²) in [6.45, 7) is 9.03. The molecule has 0 aromatic rings. The van der Waals surface area contributed by atoms with E-state index in [-0.39, 0.29) is 0 Å². The fourth-order valence-electron chi connectivity index (χ4n) is 1.46. The quantitative estimate of drug-likeness (QED) is 0.396. The number of hydrogen-bond acceptors (Lipinski definition) is 2. The van der Waals surface area contributed by atoms with Crippen LogP contribution in [0.3, 0.4) is 0 Å². The summed E-state index contributed by atoms with van der Waals surface area (Å²) in [6.07, 6.45) is 9.18. The van der Waals surface area contributed by atoms with Crippen LogP contribution in [0.15, 0.2) is 28.9 Å². The Bertz CT molecular complexity index is 252. The molecule has 0 aromatic carbocycles. The first kappa shape index (κ1) is 14.9. The lowest BCUT2D eigenvalue weighted by molar-refractivity contribution is 0.453. The summed E-state index contributed by atoms with van der Waals surface area (Å²) in [7, 11) is 0. The molecule has 1 unspecified atom stereocenters. The van der Waals surface area contributed by atoms with Crippen molar-refractivity contribution in [1.82, 2.24) is 5.32 Å². The molecule has 0 rings (SSSR count). The smallest absolute Gasteiger partial charge is 0.0883 e. The Hall–Kier alpha value is -1.09. The van der Waals surface area contributed by atoms with E-state index >= 15 is 0 Å². The maximum atomic E-state index is 5.26. The predicted octanol–water partition coefficient (Wildman–Crippen LogP) is 2.66. The lowest BCUT2D eigenvalue weighted by atomic mass is 9.93. The zero-order valence-corrected chi connectivity index (χ0v) is 10.9. The third kappa shape index (κ3) is 6.40.